The third-order valence-electron chi connectivity index (χ3n) is 1.69. The molecule has 1 aromatic carbocycles. The van der Waals surface area contributed by atoms with Gasteiger partial charge in [-0.25, -0.2) is 8.42 Å². The van der Waals surface area contributed by atoms with Crippen molar-refractivity contribution in [2.75, 3.05) is 12.0 Å². The summed E-state index contributed by atoms with van der Waals surface area (Å²) in [5.74, 6) is 0.00856. The van der Waals surface area contributed by atoms with Gasteiger partial charge in [-0.05, 0) is 23.3 Å². The summed E-state index contributed by atoms with van der Waals surface area (Å²) in [6, 6.07) is 7.42. The average molecular weight is 275 g/mol. The Kier molecular flexibility index (Phi) is 3.50. The van der Waals surface area contributed by atoms with Crippen LogP contribution in [-0.2, 0) is 9.84 Å². The Balaban J connectivity index is 2.86. The first-order valence-electron chi connectivity index (χ1n) is 4.00. The third kappa shape index (κ3) is 3.64. The van der Waals surface area contributed by atoms with Crippen molar-refractivity contribution in [3.05, 3.63) is 40.9 Å². The fourth-order valence-electron chi connectivity index (χ4n) is 1.09. The molecule has 2 nitrogen and oxygen atoms in total. The summed E-state index contributed by atoms with van der Waals surface area (Å²) in [6.07, 6.45) is 1.21. The van der Waals surface area contributed by atoms with Crippen LogP contribution in [0.1, 0.15) is 5.56 Å². The Morgan fingerprint density at radius 3 is 2.29 bits per heavy atom. The summed E-state index contributed by atoms with van der Waals surface area (Å²) in [7, 11) is -2.99. The number of halogens is 1. The lowest BCUT2D eigenvalue weighted by molar-refractivity contribution is 0.605. The first-order valence-corrected chi connectivity index (χ1v) is 6.85. The van der Waals surface area contributed by atoms with E-state index in [4.69, 9.17) is 0 Å². The highest BCUT2D eigenvalue weighted by molar-refractivity contribution is 9.10. The van der Waals surface area contributed by atoms with E-state index in [1.165, 1.54) is 6.26 Å². The van der Waals surface area contributed by atoms with Gasteiger partial charge in [-0.15, -0.1) is 0 Å². The predicted molar refractivity (Wildman–Crippen MR) is 62.9 cm³/mol. The topological polar surface area (TPSA) is 34.1 Å². The fraction of sp³-hybridized carbons (Fsp3) is 0.200. The molecule has 0 saturated heterocycles. The van der Waals surface area contributed by atoms with E-state index < -0.39 is 9.84 Å². The van der Waals surface area contributed by atoms with Crippen LogP contribution in [0.3, 0.4) is 0 Å². The molecule has 0 unspecified atom stereocenters. The van der Waals surface area contributed by atoms with E-state index in [0.717, 1.165) is 10.0 Å². The second kappa shape index (κ2) is 4.28. The van der Waals surface area contributed by atoms with E-state index in [0.29, 0.717) is 5.57 Å². The first-order chi connectivity index (χ1) is 6.38. The maximum atomic E-state index is 11.0. The van der Waals surface area contributed by atoms with Crippen LogP contribution in [0.25, 0.3) is 5.57 Å². The molecule has 0 aromatic heterocycles. The normalized spacial score (nSPS) is 11.3. The molecule has 1 aromatic rings. The molecule has 0 aliphatic heterocycles. The number of rotatable bonds is 3. The highest BCUT2D eigenvalue weighted by Crippen LogP contribution is 2.17. The summed E-state index contributed by atoms with van der Waals surface area (Å²) in [4.78, 5) is 0. The van der Waals surface area contributed by atoms with Gasteiger partial charge in [0, 0.05) is 10.7 Å². The summed E-state index contributed by atoms with van der Waals surface area (Å²) < 4.78 is 23.0. The Bertz CT molecular complexity index is 432. The second-order valence-electron chi connectivity index (χ2n) is 3.18. The van der Waals surface area contributed by atoms with Gasteiger partial charge in [0.2, 0.25) is 0 Å². The van der Waals surface area contributed by atoms with Crippen molar-refractivity contribution in [3.8, 4) is 0 Å². The molecule has 76 valence electrons. The highest BCUT2D eigenvalue weighted by atomic mass is 79.9. The summed E-state index contributed by atoms with van der Waals surface area (Å²) >= 11 is 3.31. The van der Waals surface area contributed by atoms with Crippen molar-refractivity contribution < 1.29 is 8.42 Å². The maximum absolute atomic E-state index is 11.0. The van der Waals surface area contributed by atoms with E-state index in [9.17, 15) is 8.42 Å². The van der Waals surface area contributed by atoms with Crippen LogP contribution in [0.2, 0.25) is 0 Å². The van der Waals surface area contributed by atoms with Gasteiger partial charge in [-0.2, -0.15) is 0 Å². The molecule has 0 bridgehead atoms. The number of hydrogen-bond acceptors (Lipinski definition) is 2. The van der Waals surface area contributed by atoms with E-state index in [1.54, 1.807) is 0 Å². The molecule has 0 spiro atoms. The van der Waals surface area contributed by atoms with E-state index >= 15 is 0 Å². The van der Waals surface area contributed by atoms with Crippen molar-refractivity contribution in [3.63, 3.8) is 0 Å². The van der Waals surface area contributed by atoms with Crippen LogP contribution in [0.4, 0.5) is 0 Å². The molecule has 4 heteroatoms. The molecule has 14 heavy (non-hydrogen) atoms. The zero-order valence-corrected chi connectivity index (χ0v) is 10.2. The first kappa shape index (κ1) is 11.5. The number of hydrogen-bond donors (Lipinski definition) is 0. The van der Waals surface area contributed by atoms with Crippen LogP contribution in [0.15, 0.2) is 35.3 Å². The second-order valence-corrected chi connectivity index (χ2v) is 6.24. The molecule has 0 amide bonds. The van der Waals surface area contributed by atoms with Gasteiger partial charge in [-0.1, -0.05) is 34.6 Å². The molecular weight excluding hydrogens is 264 g/mol. The standard InChI is InChI=1S/C10H11BrO2S/c1-8(7-14(2,12)13)9-3-5-10(11)6-4-9/h3-6H,1,7H2,2H3. The van der Waals surface area contributed by atoms with Crippen LogP contribution in [0, 0.1) is 0 Å². The van der Waals surface area contributed by atoms with E-state index in [1.807, 2.05) is 24.3 Å². The lowest BCUT2D eigenvalue weighted by atomic mass is 10.1. The summed E-state index contributed by atoms with van der Waals surface area (Å²) in [5.41, 5.74) is 1.48. The van der Waals surface area contributed by atoms with Crippen molar-refractivity contribution >= 4 is 31.3 Å². The maximum Gasteiger partial charge on any atom is 0.151 e. The van der Waals surface area contributed by atoms with E-state index in [2.05, 4.69) is 22.5 Å². The van der Waals surface area contributed by atoms with Crippen LogP contribution in [0.5, 0.6) is 0 Å². The molecular formula is C10H11BrO2S. The van der Waals surface area contributed by atoms with Gasteiger partial charge in [-0.3, -0.25) is 0 Å². The quantitative estimate of drug-likeness (QED) is 0.849. The molecule has 0 aliphatic carbocycles. The van der Waals surface area contributed by atoms with Gasteiger partial charge in [0.05, 0.1) is 5.75 Å². The van der Waals surface area contributed by atoms with Crippen LogP contribution < -0.4 is 0 Å². The van der Waals surface area contributed by atoms with Gasteiger partial charge < -0.3 is 0 Å². The average Bonchev–Trinajstić information content (AvgIpc) is 2.02. The fourth-order valence-corrected chi connectivity index (χ4v) is 2.15. The minimum absolute atomic E-state index is 0.00856. The number of sulfone groups is 1. The molecule has 0 aliphatic rings. The Morgan fingerprint density at radius 1 is 1.36 bits per heavy atom. The zero-order valence-electron chi connectivity index (χ0n) is 7.83. The predicted octanol–water partition coefficient (Wildman–Crippen LogP) is 2.51. The van der Waals surface area contributed by atoms with Gasteiger partial charge in [0.15, 0.2) is 9.84 Å². The monoisotopic (exact) mass is 274 g/mol. The van der Waals surface area contributed by atoms with Gasteiger partial charge >= 0.3 is 0 Å². The lowest BCUT2D eigenvalue weighted by Gasteiger charge is -2.04. The van der Waals surface area contributed by atoms with Crippen molar-refractivity contribution in [1.82, 2.24) is 0 Å². The largest absolute Gasteiger partial charge is 0.229 e. The molecule has 0 atom stereocenters. The molecule has 0 radical (unpaired) electrons. The lowest BCUT2D eigenvalue weighted by Crippen LogP contribution is -2.04. The Hall–Kier alpha value is -0.610. The Morgan fingerprint density at radius 2 is 1.86 bits per heavy atom. The molecule has 0 fully saturated rings. The molecule has 0 saturated carbocycles. The molecule has 0 heterocycles. The molecule has 1 rings (SSSR count). The summed E-state index contributed by atoms with van der Waals surface area (Å²) in [5, 5.41) is 0. The third-order valence-corrected chi connectivity index (χ3v) is 3.09. The number of benzene rings is 1. The zero-order chi connectivity index (χ0) is 10.8. The summed E-state index contributed by atoms with van der Waals surface area (Å²) in [6.45, 7) is 3.75. The van der Waals surface area contributed by atoms with Crippen LogP contribution >= 0.6 is 15.9 Å². The van der Waals surface area contributed by atoms with Gasteiger partial charge in [0.1, 0.15) is 0 Å². The van der Waals surface area contributed by atoms with Crippen molar-refractivity contribution in [2.45, 2.75) is 0 Å². The SMILES string of the molecule is C=C(CS(C)(=O)=O)c1ccc(Br)cc1. The highest BCUT2D eigenvalue weighted by Gasteiger charge is 2.06. The van der Waals surface area contributed by atoms with Crippen LogP contribution in [-0.4, -0.2) is 20.4 Å². The van der Waals surface area contributed by atoms with Gasteiger partial charge in [0.25, 0.3) is 0 Å². The molecule has 0 N–H and O–H groups in total. The smallest absolute Gasteiger partial charge is 0.151 e. The van der Waals surface area contributed by atoms with Crippen molar-refractivity contribution in [1.29, 1.82) is 0 Å². The van der Waals surface area contributed by atoms with E-state index in [-0.39, 0.29) is 5.75 Å². The van der Waals surface area contributed by atoms with Crippen molar-refractivity contribution in [2.24, 2.45) is 0 Å². The Labute approximate surface area is 92.7 Å². The minimum Gasteiger partial charge on any atom is -0.229 e. The minimum atomic E-state index is -2.99.